The molecular weight excluding hydrogens is 548 g/mol. The Morgan fingerprint density at radius 2 is 1.70 bits per heavy atom. The van der Waals surface area contributed by atoms with Gasteiger partial charge in [-0.3, -0.25) is 14.4 Å². The summed E-state index contributed by atoms with van der Waals surface area (Å²) in [4.78, 5) is 57.2. The number of nitrogens with one attached hydrogen (secondary N) is 3. The molecule has 3 amide bonds. The van der Waals surface area contributed by atoms with Gasteiger partial charge in [-0.05, 0) is 53.9 Å². The van der Waals surface area contributed by atoms with Crippen molar-refractivity contribution in [3.8, 4) is 0 Å². The van der Waals surface area contributed by atoms with Gasteiger partial charge in [-0.25, -0.2) is 4.79 Å². The van der Waals surface area contributed by atoms with E-state index in [0.717, 1.165) is 25.7 Å². The van der Waals surface area contributed by atoms with E-state index >= 15 is 0 Å². The van der Waals surface area contributed by atoms with E-state index in [0.29, 0.717) is 26.3 Å². The molecule has 3 heterocycles. The quantitative estimate of drug-likeness (QED) is 0.175. The predicted molar refractivity (Wildman–Crippen MR) is 157 cm³/mol. The Labute approximate surface area is 239 Å². The van der Waals surface area contributed by atoms with Gasteiger partial charge < -0.3 is 25.3 Å². The SMILES string of the molecule is CN(C(=O)C1CCCCC1)c1ccc2c(C(=O)NCCOC(=O)c3cccs3)c(NC(=O)c3cccs3)[nH]c2c1. The fourth-order valence-corrected chi connectivity index (χ4v) is 6.15. The fraction of sp³-hybridized carbons (Fsp3) is 0.310. The molecule has 1 aliphatic rings. The van der Waals surface area contributed by atoms with Gasteiger partial charge in [0.15, 0.2) is 0 Å². The average Bonchev–Trinajstić information content (AvgIpc) is 3.76. The van der Waals surface area contributed by atoms with Gasteiger partial charge in [0.2, 0.25) is 5.91 Å². The van der Waals surface area contributed by atoms with Crippen molar-refractivity contribution in [2.45, 2.75) is 32.1 Å². The maximum Gasteiger partial charge on any atom is 0.348 e. The Hall–Kier alpha value is -3.96. The number of anilines is 2. The van der Waals surface area contributed by atoms with E-state index in [2.05, 4.69) is 15.6 Å². The van der Waals surface area contributed by atoms with E-state index in [1.807, 2.05) is 6.07 Å². The number of esters is 1. The molecule has 9 nitrogen and oxygen atoms in total. The van der Waals surface area contributed by atoms with Crippen LogP contribution in [-0.4, -0.2) is 48.9 Å². The zero-order chi connectivity index (χ0) is 28.1. The number of aromatic amines is 1. The van der Waals surface area contributed by atoms with Gasteiger partial charge in [0.1, 0.15) is 17.3 Å². The molecule has 1 saturated carbocycles. The van der Waals surface area contributed by atoms with Crippen molar-refractivity contribution < 1.29 is 23.9 Å². The third kappa shape index (κ3) is 6.10. The van der Waals surface area contributed by atoms with Crippen LogP contribution < -0.4 is 15.5 Å². The van der Waals surface area contributed by atoms with E-state index in [4.69, 9.17) is 4.74 Å². The van der Waals surface area contributed by atoms with E-state index in [9.17, 15) is 19.2 Å². The van der Waals surface area contributed by atoms with E-state index in [1.54, 1.807) is 59.1 Å². The molecule has 0 unspecified atom stereocenters. The number of ether oxygens (including phenoxy) is 1. The van der Waals surface area contributed by atoms with Crippen LogP contribution in [0.15, 0.2) is 53.2 Å². The number of H-pyrrole nitrogens is 1. The highest BCUT2D eigenvalue weighted by Crippen LogP contribution is 2.32. The minimum atomic E-state index is -0.445. The summed E-state index contributed by atoms with van der Waals surface area (Å²) < 4.78 is 5.24. The summed E-state index contributed by atoms with van der Waals surface area (Å²) in [7, 11) is 1.77. The average molecular weight is 579 g/mol. The lowest BCUT2D eigenvalue weighted by Gasteiger charge is -2.26. The van der Waals surface area contributed by atoms with Crippen molar-refractivity contribution in [3.05, 3.63) is 68.5 Å². The first-order chi connectivity index (χ1) is 19.4. The molecule has 1 aliphatic carbocycles. The summed E-state index contributed by atoms with van der Waals surface area (Å²) in [6.07, 6.45) is 5.11. The van der Waals surface area contributed by atoms with Crippen molar-refractivity contribution in [1.82, 2.24) is 10.3 Å². The Balaban J connectivity index is 1.35. The van der Waals surface area contributed by atoms with E-state index in [1.165, 1.54) is 29.1 Å². The van der Waals surface area contributed by atoms with Gasteiger partial charge in [-0.2, -0.15) is 0 Å². The number of carbonyl (C=O) groups excluding carboxylic acids is 4. The lowest BCUT2D eigenvalue weighted by molar-refractivity contribution is -0.123. The van der Waals surface area contributed by atoms with Gasteiger partial charge in [0, 0.05) is 29.6 Å². The third-order valence-corrected chi connectivity index (χ3v) is 8.73. The van der Waals surface area contributed by atoms with Gasteiger partial charge in [-0.1, -0.05) is 31.4 Å². The van der Waals surface area contributed by atoms with Crippen molar-refractivity contribution in [1.29, 1.82) is 0 Å². The Bertz CT molecular complexity index is 1500. The fourth-order valence-electron chi connectivity index (χ4n) is 4.92. The topological polar surface area (TPSA) is 121 Å². The normalized spacial score (nSPS) is 13.6. The van der Waals surface area contributed by atoms with Crippen LogP contribution in [0.1, 0.15) is 61.8 Å². The minimum Gasteiger partial charge on any atom is -0.460 e. The number of aromatic nitrogens is 1. The lowest BCUT2D eigenvalue weighted by Crippen LogP contribution is -2.33. The molecule has 0 bridgehead atoms. The summed E-state index contributed by atoms with van der Waals surface area (Å²) in [6.45, 7) is 0.0948. The Morgan fingerprint density at radius 1 is 0.975 bits per heavy atom. The summed E-state index contributed by atoms with van der Waals surface area (Å²) in [5.74, 6) is -0.856. The van der Waals surface area contributed by atoms with Crippen molar-refractivity contribution in [2.75, 3.05) is 30.4 Å². The van der Waals surface area contributed by atoms with E-state index in [-0.39, 0.29) is 42.3 Å². The number of thiophene rings is 2. The minimum absolute atomic E-state index is 0.0000619. The van der Waals surface area contributed by atoms with Crippen molar-refractivity contribution >= 4 is 68.8 Å². The second kappa shape index (κ2) is 12.5. The van der Waals surface area contributed by atoms with Crippen LogP contribution in [0.5, 0.6) is 0 Å². The predicted octanol–water partition coefficient (Wildman–Crippen LogP) is 5.67. The number of fused-ring (bicyclic) bond motifs is 1. The van der Waals surface area contributed by atoms with Crippen LogP contribution in [0.25, 0.3) is 10.9 Å². The molecule has 3 N–H and O–H groups in total. The summed E-state index contributed by atoms with van der Waals surface area (Å²) >= 11 is 2.58. The standard InChI is InChI=1S/C29H30N4O5S2/c1-33(28(36)18-7-3-2-4-8-18)19-11-12-20-21(17-19)31-25(32-26(34)22-9-5-15-39-22)24(20)27(35)30-13-14-38-29(37)23-10-6-16-40-23/h5-6,9-12,15-18,31H,2-4,7-8,13-14H2,1H3,(H,30,35)(H,32,34). The maximum absolute atomic E-state index is 13.3. The molecule has 0 saturated heterocycles. The molecule has 0 aliphatic heterocycles. The number of carbonyl (C=O) groups is 4. The molecule has 3 aromatic heterocycles. The van der Waals surface area contributed by atoms with Crippen LogP contribution in [0.3, 0.4) is 0 Å². The van der Waals surface area contributed by atoms with Crippen LogP contribution >= 0.6 is 22.7 Å². The number of hydrogen-bond donors (Lipinski definition) is 3. The van der Waals surface area contributed by atoms with Crippen LogP contribution in [0, 0.1) is 5.92 Å². The molecule has 1 fully saturated rings. The second-order valence-electron chi connectivity index (χ2n) is 9.64. The van der Waals surface area contributed by atoms with Crippen LogP contribution in [0.2, 0.25) is 0 Å². The van der Waals surface area contributed by atoms with Crippen LogP contribution in [0.4, 0.5) is 11.5 Å². The molecule has 40 heavy (non-hydrogen) atoms. The molecule has 0 radical (unpaired) electrons. The summed E-state index contributed by atoms with van der Waals surface area (Å²) in [5, 5.41) is 9.79. The molecular formula is C29H30N4O5S2. The number of rotatable bonds is 9. The highest BCUT2D eigenvalue weighted by atomic mass is 32.1. The van der Waals surface area contributed by atoms with Gasteiger partial charge >= 0.3 is 5.97 Å². The first kappa shape index (κ1) is 27.6. The van der Waals surface area contributed by atoms with Gasteiger partial charge in [0.25, 0.3) is 11.8 Å². The Morgan fingerprint density at radius 3 is 2.40 bits per heavy atom. The lowest BCUT2D eigenvalue weighted by atomic mass is 9.88. The molecule has 5 rings (SSSR count). The molecule has 0 spiro atoms. The summed E-state index contributed by atoms with van der Waals surface area (Å²) in [6, 6.07) is 12.3. The second-order valence-corrected chi connectivity index (χ2v) is 11.5. The smallest absolute Gasteiger partial charge is 0.348 e. The van der Waals surface area contributed by atoms with E-state index < -0.39 is 11.9 Å². The monoisotopic (exact) mass is 578 g/mol. The van der Waals surface area contributed by atoms with Gasteiger partial charge in [0.05, 0.1) is 17.0 Å². The first-order valence-corrected chi connectivity index (χ1v) is 15.0. The first-order valence-electron chi connectivity index (χ1n) is 13.2. The number of nitrogens with zero attached hydrogens (tertiary/aromatic N) is 1. The maximum atomic E-state index is 13.3. The summed E-state index contributed by atoms with van der Waals surface area (Å²) in [5.41, 5.74) is 1.57. The molecule has 4 aromatic rings. The zero-order valence-electron chi connectivity index (χ0n) is 22.0. The molecule has 208 valence electrons. The highest BCUT2D eigenvalue weighted by molar-refractivity contribution is 7.12. The Kier molecular flexibility index (Phi) is 8.61. The van der Waals surface area contributed by atoms with Crippen LogP contribution in [-0.2, 0) is 9.53 Å². The largest absolute Gasteiger partial charge is 0.460 e. The van der Waals surface area contributed by atoms with Crippen molar-refractivity contribution in [3.63, 3.8) is 0 Å². The van der Waals surface area contributed by atoms with Gasteiger partial charge in [-0.15, -0.1) is 22.7 Å². The molecule has 0 atom stereocenters. The number of benzene rings is 1. The molecule has 1 aromatic carbocycles. The molecule has 11 heteroatoms. The number of amides is 3. The van der Waals surface area contributed by atoms with Crippen molar-refractivity contribution in [2.24, 2.45) is 5.92 Å². The zero-order valence-corrected chi connectivity index (χ0v) is 23.7. The third-order valence-electron chi connectivity index (χ3n) is 7.01. The number of hydrogen-bond acceptors (Lipinski definition) is 7. The highest BCUT2D eigenvalue weighted by Gasteiger charge is 2.26.